The van der Waals surface area contributed by atoms with E-state index in [1.54, 1.807) is 25.2 Å². The summed E-state index contributed by atoms with van der Waals surface area (Å²) in [6, 6.07) is 11.1. The summed E-state index contributed by atoms with van der Waals surface area (Å²) in [7, 11) is 1.80. The van der Waals surface area contributed by atoms with Gasteiger partial charge in [0.25, 0.3) is 0 Å². The van der Waals surface area contributed by atoms with Gasteiger partial charge in [0.05, 0.1) is 0 Å². The fourth-order valence-corrected chi connectivity index (χ4v) is 2.86. The number of hydrogen-bond acceptors (Lipinski definition) is 2. The molecule has 0 spiro atoms. The molecule has 1 nitrogen and oxygen atoms in total. The Hall–Kier alpha value is -1.39. The Morgan fingerprint density at radius 1 is 1.05 bits per heavy atom. The minimum atomic E-state index is -0.271. The first-order valence-electron chi connectivity index (χ1n) is 6.01. The molecule has 0 radical (unpaired) electrons. The SMILES string of the molecule is CNC(C)c1c(F)cccc1Sc1ccc(F)cc1. The number of benzene rings is 2. The molecule has 100 valence electrons. The second-order valence-electron chi connectivity index (χ2n) is 4.22. The summed E-state index contributed by atoms with van der Waals surface area (Å²) in [5, 5.41) is 3.04. The molecule has 0 bridgehead atoms. The van der Waals surface area contributed by atoms with Gasteiger partial charge in [-0.3, -0.25) is 0 Å². The van der Waals surface area contributed by atoms with E-state index in [2.05, 4.69) is 5.32 Å². The second kappa shape index (κ2) is 6.17. The largest absolute Gasteiger partial charge is 0.313 e. The highest BCUT2D eigenvalue weighted by Gasteiger charge is 2.14. The van der Waals surface area contributed by atoms with Crippen molar-refractivity contribution in [3.8, 4) is 0 Å². The molecule has 1 unspecified atom stereocenters. The molecular formula is C15H15F2NS. The number of hydrogen-bond donors (Lipinski definition) is 1. The molecule has 2 aromatic rings. The van der Waals surface area contributed by atoms with Crippen molar-refractivity contribution in [2.45, 2.75) is 22.8 Å². The average Bonchev–Trinajstić information content (AvgIpc) is 2.41. The Morgan fingerprint density at radius 2 is 1.74 bits per heavy atom. The Bertz CT molecular complexity index is 555. The van der Waals surface area contributed by atoms with E-state index in [4.69, 9.17) is 0 Å². The molecule has 0 aliphatic heterocycles. The van der Waals surface area contributed by atoms with Gasteiger partial charge < -0.3 is 5.32 Å². The van der Waals surface area contributed by atoms with Crippen molar-refractivity contribution in [3.05, 3.63) is 59.7 Å². The van der Waals surface area contributed by atoms with Gasteiger partial charge in [-0.15, -0.1) is 0 Å². The highest BCUT2D eigenvalue weighted by atomic mass is 32.2. The van der Waals surface area contributed by atoms with Crippen LogP contribution in [0, 0.1) is 11.6 Å². The van der Waals surface area contributed by atoms with Crippen LogP contribution in [-0.4, -0.2) is 7.05 Å². The van der Waals surface area contributed by atoms with Crippen molar-refractivity contribution >= 4 is 11.8 Å². The lowest BCUT2D eigenvalue weighted by atomic mass is 10.1. The molecule has 0 aromatic heterocycles. The van der Waals surface area contributed by atoms with Crippen LogP contribution in [0.2, 0.25) is 0 Å². The van der Waals surface area contributed by atoms with Gasteiger partial charge in [0.15, 0.2) is 0 Å². The van der Waals surface area contributed by atoms with Gasteiger partial charge in [0.2, 0.25) is 0 Å². The highest BCUT2D eigenvalue weighted by molar-refractivity contribution is 7.99. The molecule has 2 aromatic carbocycles. The molecule has 2 rings (SSSR count). The second-order valence-corrected chi connectivity index (χ2v) is 5.33. The quantitative estimate of drug-likeness (QED) is 0.890. The fourth-order valence-electron chi connectivity index (χ4n) is 1.80. The van der Waals surface area contributed by atoms with Crippen LogP contribution in [0.15, 0.2) is 52.3 Å². The van der Waals surface area contributed by atoms with E-state index in [9.17, 15) is 8.78 Å². The van der Waals surface area contributed by atoms with Crippen LogP contribution in [0.25, 0.3) is 0 Å². The molecule has 0 saturated carbocycles. The first-order valence-corrected chi connectivity index (χ1v) is 6.82. The molecule has 0 heterocycles. The summed E-state index contributed by atoms with van der Waals surface area (Å²) in [5.74, 6) is -0.499. The maximum absolute atomic E-state index is 13.9. The topological polar surface area (TPSA) is 12.0 Å². The maximum atomic E-state index is 13.9. The third kappa shape index (κ3) is 3.33. The summed E-state index contributed by atoms with van der Waals surface area (Å²) in [4.78, 5) is 1.73. The Labute approximate surface area is 116 Å². The standard InChI is InChI=1S/C15H15F2NS/c1-10(18-2)15-13(17)4-3-5-14(15)19-12-8-6-11(16)7-9-12/h3-10,18H,1-2H3. The highest BCUT2D eigenvalue weighted by Crippen LogP contribution is 2.34. The van der Waals surface area contributed by atoms with Crippen molar-refractivity contribution in [2.75, 3.05) is 7.05 Å². The van der Waals surface area contributed by atoms with Crippen molar-refractivity contribution in [1.82, 2.24) is 5.32 Å². The summed E-state index contributed by atoms with van der Waals surface area (Å²) < 4.78 is 26.8. The number of halogens is 2. The van der Waals surface area contributed by atoms with Crippen molar-refractivity contribution in [3.63, 3.8) is 0 Å². The van der Waals surface area contributed by atoms with Gasteiger partial charge in [-0.2, -0.15) is 0 Å². The van der Waals surface area contributed by atoms with E-state index in [0.717, 1.165) is 9.79 Å². The van der Waals surface area contributed by atoms with E-state index >= 15 is 0 Å². The third-order valence-corrected chi connectivity index (χ3v) is 4.00. The zero-order valence-electron chi connectivity index (χ0n) is 10.8. The minimum Gasteiger partial charge on any atom is -0.313 e. The van der Waals surface area contributed by atoms with Gasteiger partial charge in [-0.05, 0) is 50.4 Å². The summed E-state index contributed by atoms with van der Waals surface area (Å²) in [5.41, 5.74) is 0.638. The van der Waals surface area contributed by atoms with Crippen LogP contribution < -0.4 is 5.32 Å². The number of rotatable bonds is 4. The molecule has 0 amide bonds. The fraction of sp³-hybridized carbons (Fsp3) is 0.200. The smallest absolute Gasteiger partial charge is 0.129 e. The predicted molar refractivity (Wildman–Crippen MR) is 74.4 cm³/mol. The zero-order valence-corrected chi connectivity index (χ0v) is 11.6. The van der Waals surface area contributed by atoms with E-state index in [0.29, 0.717) is 5.56 Å². The van der Waals surface area contributed by atoms with E-state index in [-0.39, 0.29) is 17.7 Å². The summed E-state index contributed by atoms with van der Waals surface area (Å²) in [6.45, 7) is 1.91. The molecule has 0 aliphatic carbocycles. The third-order valence-electron chi connectivity index (χ3n) is 2.92. The monoisotopic (exact) mass is 279 g/mol. The lowest BCUT2D eigenvalue weighted by Gasteiger charge is -2.16. The summed E-state index contributed by atoms with van der Waals surface area (Å²) in [6.07, 6.45) is 0. The van der Waals surface area contributed by atoms with Gasteiger partial charge in [0, 0.05) is 21.4 Å². The number of nitrogens with one attached hydrogen (secondary N) is 1. The lowest BCUT2D eigenvalue weighted by molar-refractivity contribution is 0.552. The van der Waals surface area contributed by atoms with Crippen LogP contribution in [0.1, 0.15) is 18.5 Å². The maximum Gasteiger partial charge on any atom is 0.129 e. The average molecular weight is 279 g/mol. The molecular weight excluding hydrogens is 264 g/mol. The van der Waals surface area contributed by atoms with Crippen LogP contribution in [0.4, 0.5) is 8.78 Å². The molecule has 0 saturated heterocycles. The van der Waals surface area contributed by atoms with Crippen LogP contribution in [0.3, 0.4) is 0 Å². The minimum absolute atomic E-state index is 0.0795. The van der Waals surface area contributed by atoms with Gasteiger partial charge >= 0.3 is 0 Å². The van der Waals surface area contributed by atoms with Gasteiger partial charge in [-0.25, -0.2) is 8.78 Å². The molecule has 1 N–H and O–H groups in total. The summed E-state index contributed by atoms with van der Waals surface area (Å²) >= 11 is 1.43. The van der Waals surface area contributed by atoms with Crippen LogP contribution >= 0.6 is 11.8 Å². The van der Waals surface area contributed by atoms with Crippen molar-refractivity contribution in [1.29, 1.82) is 0 Å². The Balaban J connectivity index is 2.34. The van der Waals surface area contributed by atoms with E-state index in [1.807, 2.05) is 13.0 Å². The van der Waals surface area contributed by atoms with E-state index < -0.39 is 0 Å². The van der Waals surface area contributed by atoms with Crippen molar-refractivity contribution < 1.29 is 8.78 Å². The Kier molecular flexibility index (Phi) is 4.56. The molecule has 0 fully saturated rings. The molecule has 0 aliphatic rings. The first kappa shape index (κ1) is 14.0. The first-order chi connectivity index (χ1) is 9.11. The van der Waals surface area contributed by atoms with E-state index in [1.165, 1.54) is 30.0 Å². The van der Waals surface area contributed by atoms with Gasteiger partial charge in [-0.1, -0.05) is 17.8 Å². The zero-order chi connectivity index (χ0) is 13.8. The van der Waals surface area contributed by atoms with Crippen LogP contribution in [-0.2, 0) is 0 Å². The molecule has 1 atom stereocenters. The molecule has 19 heavy (non-hydrogen) atoms. The van der Waals surface area contributed by atoms with Crippen LogP contribution in [0.5, 0.6) is 0 Å². The Morgan fingerprint density at radius 3 is 2.37 bits per heavy atom. The van der Waals surface area contributed by atoms with Crippen molar-refractivity contribution in [2.24, 2.45) is 0 Å². The molecule has 4 heteroatoms. The lowest BCUT2D eigenvalue weighted by Crippen LogP contribution is -2.14. The predicted octanol–water partition coefficient (Wildman–Crippen LogP) is 4.40. The normalized spacial score (nSPS) is 12.4. The van der Waals surface area contributed by atoms with Gasteiger partial charge in [0.1, 0.15) is 11.6 Å².